The quantitative estimate of drug-likeness (QED) is 0.805. The van der Waals surface area contributed by atoms with Gasteiger partial charge in [-0.15, -0.1) is 0 Å². The predicted octanol–water partition coefficient (Wildman–Crippen LogP) is 4.96. The Kier molecular flexibility index (Phi) is 6.12. The van der Waals surface area contributed by atoms with Crippen molar-refractivity contribution in [3.63, 3.8) is 0 Å². The van der Waals surface area contributed by atoms with E-state index in [-0.39, 0.29) is 0 Å². The molecule has 0 aromatic heterocycles. The van der Waals surface area contributed by atoms with Crippen LogP contribution in [0, 0.1) is 5.92 Å². The Morgan fingerprint density at radius 2 is 2.00 bits per heavy atom. The molecule has 1 aliphatic carbocycles. The molecule has 3 heteroatoms. The molecule has 1 saturated carbocycles. The van der Waals surface area contributed by atoms with Crippen molar-refractivity contribution in [1.29, 1.82) is 0 Å². The second kappa shape index (κ2) is 7.64. The third-order valence-corrected chi connectivity index (χ3v) is 5.18. The van der Waals surface area contributed by atoms with E-state index in [1.165, 1.54) is 36.9 Å². The average Bonchev–Trinajstić information content (AvgIpc) is 2.45. The average molecular weight is 353 g/mol. The van der Waals surface area contributed by atoms with E-state index in [4.69, 9.17) is 0 Å². The summed E-state index contributed by atoms with van der Waals surface area (Å²) in [4.78, 5) is 2.52. The fourth-order valence-corrected chi connectivity index (χ4v) is 3.81. The molecule has 0 amide bonds. The molecule has 0 saturated heterocycles. The Morgan fingerprint density at radius 1 is 1.29 bits per heavy atom. The SMILES string of the molecule is CC(C)NCc1cc(Br)ccc1N(C)C1CCCCC1C. The van der Waals surface area contributed by atoms with Crippen LogP contribution in [0.1, 0.15) is 52.0 Å². The maximum Gasteiger partial charge on any atom is 0.0412 e. The van der Waals surface area contributed by atoms with Gasteiger partial charge in [-0.1, -0.05) is 49.5 Å². The first-order valence-corrected chi connectivity index (χ1v) is 9.03. The topological polar surface area (TPSA) is 15.3 Å². The van der Waals surface area contributed by atoms with Gasteiger partial charge in [-0.05, 0) is 42.5 Å². The zero-order chi connectivity index (χ0) is 15.4. The van der Waals surface area contributed by atoms with Crippen LogP contribution in [0.2, 0.25) is 0 Å². The van der Waals surface area contributed by atoms with E-state index in [0.29, 0.717) is 12.1 Å². The Labute approximate surface area is 138 Å². The lowest BCUT2D eigenvalue weighted by atomic mass is 9.84. The lowest BCUT2D eigenvalue weighted by Gasteiger charge is -2.38. The highest BCUT2D eigenvalue weighted by Gasteiger charge is 2.26. The minimum atomic E-state index is 0.510. The predicted molar refractivity (Wildman–Crippen MR) is 95.9 cm³/mol. The van der Waals surface area contributed by atoms with Crippen LogP contribution < -0.4 is 10.2 Å². The van der Waals surface area contributed by atoms with Crippen LogP contribution in [0.25, 0.3) is 0 Å². The van der Waals surface area contributed by atoms with E-state index < -0.39 is 0 Å². The minimum Gasteiger partial charge on any atom is -0.371 e. The normalized spacial score (nSPS) is 22.6. The Hall–Kier alpha value is -0.540. The Balaban J connectivity index is 2.20. The highest BCUT2D eigenvalue weighted by atomic mass is 79.9. The molecule has 0 bridgehead atoms. The van der Waals surface area contributed by atoms with E-state index in [1.807, 2.05) is 0 Å². The third-order valence-electron chi connectivity index (χ3n) is 4.69. The molecule has 0 spiro atoms. The number of anilines is 1. The number of benzene rings is 1. The Morgan fingerprint density at radius 3 is 2.67 bits per heavy atom. The minimum absolute atomic E-state index is 0.510. The number of rotatable bonds is 5. The van der Waals surface area contributed by atoms with Crippen molar-refractivity contribution in [2.45, 2.75) is 65.1 Å². The number of nitrogens with zero attached hydrogens (tertiary/aromatic N) is 1. The maximum atomic E-state index is 3.61. The van der Waals surface area contributed by atoms with E-state index in [2.05, 4.69) is 72.2 Å². The van der Waals surface area contributed by atoms with E-state index in [1.54, 1.807) is 0 Å². The Bertz CT molecular complexity index is 459. The number of hydrogen-bond donors (Lipinski definition) is 1. The summed E-state index contributed by atoms with van der Waals surface area (Å²) in [5.41, 5.74) is 2.77. The lowest BCUT2D eigenvalue weighted by Crippen LogP contribution is -2.39. The van der Waals surface area contributed by atoms with Crippen molar-refractivity contribution in [1.82, 2.24) is 5.32 Å². The summed E-state index contributed by atoms with van der Waals surface area (Å²) < 4.78 is 1.16. The summed E-state index contributed by atoms with van der Waals surface area (Å²) >= 11 is 3.61. The first-order chi connectivity index (χ1) is 9.99. The van der Waals surface area contributed by atoms with Gasteiger partial charge in [-0.2, -0.15) is 0 Å². The lowest BCUT2D eigenvalue weighted by molar-refractivity contribution is 0.321. The van der Waals surface area contributed by atoms with Gasteiger partial charge in [0, 0.05) is 35.8 Å². The van der Waals surface area contributed by atoms with Gasteiger partial charge in [-0.25, -0.2) is 0 Å². The number of hydrogen-bond acceptors (Lipinski definition) is 2. The number of nitrogens with one attached hydrogen (secondary N) is 1. The van der Waals surface area contributed by atoms with Crippen LogP contribution in [-0.4, -0.2) is 19.1 Å². The summed E-state index contributed by atoms with van der Waals surface area (Å²) in [5.74, 6) is 0.790. The maximum absolute atomic E-state index is 3.61. The first kappa shape index (κ1) is 16.8. The third kappa shape index (κ3) is 4.46. The van der Waals surface area contributed by atoms with Crippen molar-refractivity contribution in [2.75, 3.05) is 11.9 Å². The van der Waals surface area contributed by atoms with Gasteiger partial charge in [0.05, 0.1) is 0 Å². The fourth-order valence-electron chi connectivity index (χ4n) is 3.40. The molecule has 1 fully saturated rings. The zero-order valence-electron chi connectivity index (χ0n) is 13.8. The van der Waals surface area contributed by atoms with Gasteiger partial charge >= 0.3 is 0 Å². The van der Waals surface area contributed by atoms with Crippen LogP contribution in [0.3, 0.4) is 0 Å². The molecule has 1 N–H and O–H groups in total. The van der Waals surface area contributed by atoms with Crippen LogP contribution in [-0.2, 0) is 6.54 Å². The van der Waals surface area contributed by atoms with Crippen molar-refractivity contribution in [2.24, 2.45) is 5.92 Å². The molecule has 2 rings (SSSR count). The molecular formula is C18H29BrN2. The van der Waals surface area contributed by atoms with E-state index in [9.17, 15) is 0 Å². The summed E-state index contributed by atoms with van der Waals surface area (Å²) in [6, 6.07) is 7.88. The van der Waals surface area contributed by atoms with Gasteiger partial charge in [-0.3, -0.25) is 0 Å². The van der Waals surface area contributed by atoms with Gasteiger partial charge in [0.15, 0.2) is 0 Å². The summed E-state index contributed by atoms with van der Waals surface area (Å²) in [7, 11) is 2.27. The largest absolute Gasteiger partial charge is 0.371 e. The van der Waals surface area contributed by atoms with Gasteiger partial charge in [0.1, 0.15) is 0 Å². The van der Waals surface area contributed by atoms with Crippen molar-refractivity contribution in [3.8, 4) is 0 Å². The molecule has 21 heavy (non-hydrogen) atoms. The van der Waals surface area contributed by atoms with Crippen molar-refractivity contribution < 1.29 is 0 Å². The molecular weight excluding hydrogens is 324 g/mol. The van der Waals surface area contributed by atoms with Gasteiger partial charge in [0.25, 0.3) is 0 Å². The zero-order valence-corrected chi connectivity index (χ0v) is 15.4. The van der Waals surface area contributed by atoms with E-state index >= 15 is 0 Å². The van der Waals surface area contributed by atoms with Gasteiger partial charge in [0.2, 0.25) is 0 Å². The molecule has 2 unspecified atom stereocenters. The molecule has 2 atom stereocenters. The van der Waals surface area contributed by atoms with Gasteiger partial charge < -0.3 is 10.2 Å². The molecule has 118 valence electrons. The standard InChI is InChI=1S/C18H29BrN2/c1-13(2)20-12-15-11-16(19)9-10-18(15)21(4)17-8-6-5-7-14(17)3/h9-11,13-14,17,20H,5-8,12H2,1-4H3. The van der Waals surface area contributed by atoms with Crippen LogP contribution >= 0.6 is 15.9 Å². The van der Waals surface area contributed by atoms with Crippen molar-refractivity contribution in [3.05, 3.63) is 28.2 Å². The molecule has 0 radical (unpaired) electrons. The molecule has 2 nitrogen and oxygen atoms in total. The van der Waals surface area contributed by atoms with E-state index in [0.717, 1.165) is 16.9 Å². The second-order valence-corrected chi connectivity index (χ2v) is 7.66. The molecule has 1 aromatic rings. The molecule has 0 aliphatic heterocycles. The highest BCUT2D eigenvalue weighted by molar-refractivity contribution is 9.10. The fraction of sp³-hybridized carbons (Fsp3) is 0.667. The van der Waals surface area contributed by atoms with Crippen LogP contribution in [0.5, 0.6) is 0 Å². The summed E-state index contributed by atoms with van der Waals surface area (Å²) in [6.07, 6.45) is 5.46. The smallest absolute Gasteiger partial charge is 0.0412 e. The molecule has 1 aliphatic rings. The molecule has 0 heterocycles. The van der Waals surface area contributed by atoms with Crippen molar-refractivity contribution >= 4 is 21.6 Å². The van der Waals surface area contributed by atoms with Crippen LogP contribution in [0.4, 0.5) is 5.69 Å². The summed E-state index contributed by atoms with van der Waals surface area (Å²) in [6.45, 7) is 7.73. The highest BCUT2D eigenvalue weighted by Crippen LogP contribution is 2.33. The second-order valence-electron chi connectivity index (χ2n) is 6.75. The number of halogens is 1. The monoisotopic (exact) mass is 352 g/mol. The van der Waals surface area contributed by atoms with Crippen LogP contribution in [0.15, 0.2) is 22.7 Å². The molecule has 1 aromatic carbocycles. The first-order valence-electron chi connectivity index (χ1n) is 8.23. The summed E-state index contributed by atoms with van der Waals surface area (Å²) in [5, 5.41) is 3.55.